The Morgan fingerprint density at radius 2 is 2.22 bits per heavy atom. The highest BCUT2D eigenvalue weighted by Gasteiger charge is 2.16. The third-order valence-electron chi connectivity index (χ3n) is 2.97. The van der Waals surface area contributed by atoms with Gasteiger partial charge in [0.1, 0.15) is 5.82 Å². The van der Waals surface area contributed by atoms with Crippen molar-refractivity contribution >= 4 is 17.5 Å². The van der Waals surface area contributed by atoms with Crippen LogP contribution in [0.15, 0.2) is 18.2 Å². The Hall–Kier alpha value is -1.13. The van der Waals surface area contributed by atoms with Crippen molar-refractivity contribution in [3.8, 4) is 0 Å². The van der Waals surface area contributed by atoms with Crippen LogP contribution in [-0.4, -0.2) is 25.2 Å². The van der Waals surface area contributed by atoms with Crippen molar-refractivity contribution in [2.75, 3.05) is 13.2 Å². The quantitative estimate of drug-likeness (QED) is 0.898. The zero-order valence-electron chi connectivity index (χ0n) is 9.92. The first-order valence-electron chi connectivity index (χ1n) is 6.00. The van der Waals surface area contributed by atoms with Crippen molar-refractivity contribution in [2.45, 2.75) is 25.3 Å². The molecule has 0 unspecified atom stereocenters. The van der Waals surface area contributed by atoms with E-state index in [0.29, 0.717) is 12.2 Å². The van der Waals surface area contributed by atoms with Gasteiger partial charge in [-0.25, -0.2) is 4.39 Å². The molecular weight excluding hydrogens is 257 g/mol. The predicted molar refractivity (Wildman–Crippen MR) is 67.3 cm³/mol. The molecule has 5 heteroatoms. The SMILES string of the molecule is O=C(N[C@H]1CCCOCC1)c1ccc(F)c(Cl)c1. The summed E-state index contributed by atoms with van der Waals surface area (Å²) in [5.41, 5.74) is 0.381. The van der Waals surface area contributed by atoms with Gasteiger partial charge >= 0.3 is 0 Å². The first kappa shape index (κ1) is 13.3. The molecule has 0 radical (unpaired) electrons. The number of hydrogen-bond donors (Lipinski definition) is 1. The molecule has 1 atom stereocenters. The number of rotatable bonds is 2. The highest BCUT2D eigenvalue weighted by Crippen LogP contribution is 2.16. The number of amides is 1. The number of halogens is 2. The second-order valence-electron chi connectivity index (χ2n) is 4.34. The summed E-state index contributed by atoms with van der Waals surface area (Å²) >= 11 is 5.65. The molecule has 1 N–H and O–H groups in total. The Labute approximate surface area is 110 Å². The average Bonchev–Trinajstić information content (AvgIpc) is 2.61. The summed E-state index contributed by atoms with van der Waals surface area (Å²) in [6, 6.07) is 4.10. The molecular formula is C13H15ClFNO2. The molecule has 0 spiro atoms. The third-order valence-corrected chi connectivity index (χ3v) is 3.26. The second-order valence-corrected chi connectivity index (χ2v) is 4.75. The summed E-state index contributed by atoms with van der Waals surface area (Å²) in [6.07, 6.45) is 2.65. The van der Waals surface area contributed by atoms with Crippen LogP contribution in [0.3, 0.4) is 0 Å². The van der Waals surface area contributed by atoms with Gasteiger partial charge in [-0.3, -0.25) is 4.79 Å². The van der Waals surface area contributed by atoms with Crippen LogP contribution >= 0.6 is 11.6 Å². The number of carbonyl (C=O) groups is 1. The van der Waals surface area contributed by atoms with E-state index >= 15 is 0 Å². The number of hydrogen-bond acceptors (Lipinski definition) is 2. The fourth-order valence-corrected chi connectivity index (χ4v) is 2.13. The van der Waals surface area contributed by atoms with E-state index in [-0.39, 0.29) is 17.0 Å². The molecule has 18 heavy (non-hydrogen) atoms. The van der Waals surface area contributed by atoms with Crippen LogP contribution in [0.4, 0.5) is 4.39 Å². The van der Waals surface area contributed by atoms with Gasteiger partial charge in [0, 0.05) is 24.8 Å². The van der Waals surface area contributed by atoms with Crippen LogP contribution in [0.1, 0.15) is 29.6 Å². The minimum absolute atomic E-state index is 0.0353. The molecule has 3 nitrogen and oxygen atoms in total. The van der Waals surface area contributed by atoms with E-state index in [0.717, 1.165) is 25.9 Å². The van der Waals surface area contributed by atoms with Gasteiger partial charge in [0.15, 0.2) is 0 Å². The van der Waals surface area contributed by atoms with E-state index < -0.39 is 5.82 Å². The minimum atomic E-state index is -0.518. The first-order chi connectivity index (χ1) is 8.66. The summed E-state index contributed by atoms with van der Waals surface area (Å²) in [5, 5.41) is 2.89. The van der Waals surface area contributed by atoms with E-state index in [1.807, 2.05) is 0 Å². The van der Waals surface area contributed by atoms with E-state index in [4.69, 9.17) is 16.3 Å². The summed E-state index contributed by atoms with van der Waals surface area (Å²) in [7, 11) is 0. The van der Waals surface area contributed by atoms with Gasteiger partial charge in [0.2, 0.25) is 0 Å². The number of carbonyl (C=O) groups excluding carboxylic acids is 1. The molecule has 1 aromatic carbocycles. The maximum atomic E-state index is 13.0. The molecule has 2 rings (SSSR count). The Morgan fingerprint density at radius 1 is 1.39 bits per heavy atom. The molecule has 1 amide bonds. The number of nitrogens with one attached hydrogen (secondary N) is 1. The lowest BCUT2D eigenvalue weighted by atomic mass is 10.1. The lowest BCUT2D eigenvalue weighted by Gasteiger charge is -2.15. The molecule has 1 saturated heterocycles. The molecule has 0 bridgehead atoms. The number of benzene rings is 1. The van der Waals surface area contributed by atoms with Crippen molar-refractivity contribution in [1.29, 1.82) is 0 Å². The predicted octanol–water partition coefficient (Wildman–Crippen LogP) is 2.78. The number of ether oxygens (including phenoxy) is 1. The van der Waals surface area contributed by atoms with Crippen molar-refractivity contribution in [2.24, 2.45) is 0 Å². The van der Waals surface area contributed by atoms with Crippen LogP contribution in [0.2, 0.25) is 5.02 Å². The second kappa shape index (κ2) is 6.16. The Bertz CT molecular complexity index is 431. The van der Waals surface area contributed by atoms with Crippen molar-refractivity contribution < 1.29 is 13.9 Å². The van der Waals surface area contributed by atoms with Crippen molar-refractivity contribution in [1.82, 2.24) is 5.32 Å². The van der Waals surface area contributed by atoms with Crippen LogP contribution in [0.5, 0.6) is 0 Å². The standard InChI is InChI=1S/C13H15ClFNO2/c14-11-8-9(3-4-12(11)15)13(17)16-10-2-1-6-18-7-5-10/h3-4,8,10H,1-2,5-7H2,(H,16,17)/t10-/m0/s1. The fraction of sp³-hybridized carbons (Fsp3) is 0.462. The van der Waals surface area contributed by atoms with Crippen LogP contribution in [0, 0.1) is 5.82 Å². The highest BCUT2D eigenvalue weighted by atomic mass is 35.5. The lowest BCUT2D eigenvalue weighted by Crippen LogP contribution is -2.35. The largest absolute Gasteiger partial charge is 0.381 e. The topological polar surface area (TPSA) is 38.3 Å². The van der Waals surface area contributed by atoms with E-state index in [9.17, 15) is 9.18 Å². The van der Waals surface area contributed by atoms with E-state index in [1.54, 1.807) is 0 Å². The molecule has 0 aromatic heterocycles. The monoisotopic (exact) mass is 271 g/mol. The Kier molecular flexibility index (Phi) is 4.55. The molecule has 0 aliphatic carbocycles. The van der Waals surface area contributed by atoms with Gasteiger partial charge in [-0.1, -0.05) is 11.6 Å². The normalized spacial score (nSPS) is 20.2. The van der Waals surface area contributed by atoms with Gasteiger partial charge in [-0.2, -0.15) is 0 Å². The lowest BCUT2D eigenvalue weighted by molar-refractivity contribution is 0.0929. The molecule has 0 saturated carbocycles. The maximum absolute atomic E-state index is 13.0. The van der Waals surface area contributed by atoms with Crippen LogP contribution in [-0.2, 0) is 4.74 Å². The Balaban J connectivity index is 1.99. The zero-order chi connectivity index (χ0) is 13.0. The molecule has 1 aromatic rings. The summed E-state index contributed by atoms with van der Waals surface area (Å²) in [5.74, 6) is -0.736. The summed E-state index contributed by atoms with van der Waals surface area (Å²) in [6.45, 7) is 1.41. The van der Waals surface area contributed by atoms with Gasteiger partial charge in [0.05, 0.1) is 5.02 Å². The summed E-state index contributed by atoms with van der Waals surface area (Å²) < 4.78 is 18.3. The van der Waals surface area contributed by atoms with E-state index in [2.05, 4.69) is 5.32 Å². The molecule has 1 heterocycles. The molecule has 1 fully saturated rings. The van der Waals surface area contributed by atoms with E-state index in [1.165, 1.54) is 18.2 Å². The minimum Gasteiger partial charge on any atom is -0.381 e. The van der Waals surface area contributed by atoms with Gasteiger partial charge in [-0.05, 0) is 37.5 Å². The Morgan fingerprint density at radius 3 is 3.00 bits per heavy atom. The first-order valence-corrected chi connectivity index (χ1v) is 6.38. The van der Waals surface area contributed by atoms with Crippen molar-refractivity contribution in [3.05, 3.63) is 34.6 Å². The smallest absolute Gasteiger partial charge is 0.251 e. The fourth-order valence-electron chi connectivity index (χ4n) is 1.95. The molecule has 1 aliphatic heterocycles. The molecule has 98 valence electrons. The average molecular weight is 272 g/mol. The maximum Gasteiger partial charge on any atom is 0.251 e. The zero-order valence-corrected chi connectivity index (χ0v) is 10.7. The third kappa shape index (κ3) is 3.43. The van der Waals surface area contributed by atoms with Gasteiger partial charge in [-0.15, -0.1) is 0 Å². The van der Waals surface area contributed by atoms with Gasteiger partial charge < -0.3 is 10.1 Å². The molecule has 1 aliphatic rings. The van der Waals surface area contributed by atoms with Gasteiger partial charge in [0.25, 0.3) is 5.91 Å². The highest BCUT2D eigenvalue weighted by molar-refractivity contribution is 6.31. The summed E-state index contributed by atoms with van der Waals surface area (Å²) in [4.78, 5) is 12.0. The van der Waals surface area contributed by atoms with Crippen molar-refractivity contribution in [3.63, 3.8) is 0 Å². The van der Waals surface area contributed by atoms with Crippen LogP contribution in [0.25, 0.3) is 0 Å². The van der Waals surface area contributed by atoms with Crippen LogP contribution < -0.4 is 5.32 Å².